The van der Waals surface area contributed by atoms with Gasteiger partial charge >= 0.3 is 0 Å². The summed E-state index contributed by atoms with van der Waals surface area (Å²) in [6.45, 7) is 4.02. The molecule has 2 unspecified atom stereocenters. The minimum atomic E-state index is -0.300. The van der Waals surface area contributed by atoms with Crippen molar-refractivity contribution in [2.24, 2.45) is 5.92 Å². The molecular weight excluding hydrogens is 548 g/mol. The van der Waals surface area contributed by atoms with Crippen LogP contribution in [0.2, 0.25) is 5.02 Å². The lowest BCUT2D eigenvalue weighted by Gasteiger charge is -2.44. The van der Waals surface area contributed by atoms with Gasteiger partial charge in [-0.05, 0) is 72.9 Å². The first-order valence-electron chi connectivity index (χ1n) is 14.0. The molecule has 2 amide bonds. The lowest BCUT2D eigenvalue weighted by Crippen LogP contribution is -2.47. The maximum atomic E-state index is 13.3. The number of rotatable bonds is 6. The van der Waals surface area contributed by atoms with Crippen LogP contribution in [0.25, 0.3) is 6.08 Å². The minimum absolute atomic E-state index is 0.0408. The summed E-state index contributed by atoms with van der Waals surface area (Å²) in [4.78, 5) is 41.2. The molecule has 2 N–H and O–H groups in total. The van der Waals surface area contributed by atoms with Gasteiger partial charge < -0.3 is 20.1 Å². The normalized spacial score (nSPS) is 17.5. The molecule has 3 aromatic carbocycles. The van der Waals surface area contributed by atoms with Crippen LogP contribution in [0.1, 0.15) is 39.5 Å². The molecule has 1 saturated heterocycles. The molecule has 6 rings (SSSR count). The average molecular weight is 579 g/mol. The van der Waals surface area contributed by atoms with Gasteiger partial charge in [0.2, 0.25) is 5.91 Å². The van der Waals surface area contributed by atoms with Crippen molar-refractivity contribution >= 4 is 46.6 Å². The molecule has 1 fully saturated rings. The number of piperidine rings is 1. The van der Waals surface area contributed by atoms with Crippen molar-refractivity contribution in [1.29, 1.82) is 0 Å². The van der Waals surface area contributed by atoms with E-state index in [9.17, 15) is 14.4 Å². The summed E-state index contributed by atoms with van der Waals surface area (Å²) in [6.07, 6.45) is 4.27. The van der Waals surface area contributed by atoms with Crippen molar-refractivity contribution in [2.45, 2.75) is 25.8 Å². The highest BCUT2D eigenvalue weighted by atomic mass is 35.5. The number of pyridine rings is 1. The van der Waals surface area contributed by atoms with E-state index in [0.29, 0.717) is 41.0 Å². The van der Waals surface area contributed by atoms with E-state index in [0.717, 1.165) is 35.5 Å². The standard InChI is InChI=1S/C34H31ClN4O3/c1-22-10-13-27(35)18-28(22)37-34(42)25-12-14-31(29(17-25)36-32(40)15-11-23-6-3-2-4-7-23)38-19-24-16-26(21-38)30-8-5-9-33(41)39(30)20-24/h2-15,17-18,24,26H,16,19-21H2,1H3,(H,36,40)(H,37,42)/b15-11+. The number of carbonyl (C=O) groups excluding carboxylic acids is 2. The summed E-state index contributed by atoms with van der Waals surface area (Å²) in [5.74, 6) is -0.100. The molecule has 212 valence electrons. The smallest absolute Gasteiger partial charge is 0.255 e. The quantitative estimate of drug-likeness (QED) is 0.262. The largest absolute Gasteiger partial charge is 0.369 e. The van der Waals surface area contributed by atoms with Crippen molar-refractivity contribution in [2.75, 3.05) is 28.6 Å². The third kappa shape index (κ3) is 5.87. The molecule has 4 aromatic rings. The number of nitrogens with one attached hydrogen (secondary N) is 2. The SMILES string of the molecule is Cc1ccc(Cl)cc1NC(=O)c1ccc(N2CC3CC(C2)c2cccc(=O)n2C3)c(NC(=O)/C=C/c2ccccc2)c1. The fourth-order valence-corrected chi connectivity index (χ4v) is 6.15. The topological polar surface area (TPSA) is 83.4 Å². The number of carbonyl (C=O) groups is 2. The predicted octanol–water partition coefficient (Wildman–Crippen LogP) is 6.34. The van der Waals surface area contributed by atoms with Crippen LogP contribution < -0.4 is 21.1 Å². The van der Waals surface area contributed by atoms with E-state index in [1.807, 2.05) is 66.1 Å². The van der Waals surface area contributed by atoms with Gasteiger partial charge in [0.05, 0.1) is 11.4 Å². The molecule has 0 aliphatic carbocycles. The third-order valence-corrected chi connectivity index (χ3v) is 8.25. The molecule has 2 aliphatic rings. The zero-order valence-electron chi connectivity index (χ0n) is 23.2. The molecule has 7 nitrogen and oxygen atoms in total. The highest BCUT2D eigenvalue weighted by molar-refractivity contribution is 6.31. The van der Waals surface area contributed by atoms with Crippen LogP contribution in [-0.4, -0.2) is 29.5 Å². The number of aromatic nitrogens is 1. The predicted molar refractivity (Wildman–Crippen MR) is 168 cm³/mol. The van der Waals surface area contributed by atoms with Gasteiger partial charge in [0, 0.05) is 59.7 Å². The third-order valence-electron chi connectivity index (χ3n) is 8.01. The minimum Gasteiger partial charge on any atom is -0.369 e. The Balaban J connectivity index is 1.31. The molecule has 0 spiro atoms. The van der Waals surface area contributed by atoms with Crippen LogP contribution in [0, 0.1) is 12.8 Å². The first-order valence-corrected chi connectivity index (χ1v) is 14.4. The Morgan fingerprint density at radius 3 is 2.55 bits per heavy atom. The molecule has 0 radical (unpaired) electrons. The molecule has 8 heteroatoms. The highest BCUT2D eigenvalue weighted by Gasteiger charge is 2.35. The van der Waals surface area contributed by atoms with Crippen LogP contribution in [0.5, 0.6) is 0 Å². The van der Waals surface area contributed by atoms with Crippen molar-refractivity contribution < 1.29 is 9.59 Å². The monoisotopic (exact) mass is 578 g/mol. The second-order valence-electron chi connectivity index (χ2n) is 11.0. The highest BCUT2D eigenvalue weighted by Crippen LogP contribution is 2.39. The van der Waals surface area contributed by atoms with E-state index in [4.69, 9.17) is 11.6 Å². The number of halogens is 1. The van der Waals surface area contributed by atoms with Crippen molar-refractivity contribution in [1.82, 2.24) is 4.57 Å². The molecule has 2 atom stereocenters. The molecule has 3 heterocycles. The molecule has 42 heavy (non-hydrogen) atoms. The molecule has 2 bridgehead atoms. The van der Waals surface area contributed by atoms with E-state index in [2.05, 4.69) is 15.5 Å². The first kappa shape index (κ1) is 27.5. The molecule has 0 saturated carbocycles. The van der Waals surface area contributed by atoms with Gasteiger partial charge in [-0.25, -0.2) is 0 Å². The lowest BCUT2D eigenvalue weighted by molar-refractivity contribution is -0.111. The van der Waals surface area contributed by atoms with Gasteiger partial charge in [0.25, 0.3) is 11.5 Å². The number of fused-ring (bicyclic) bond motifs is 4. The Kier molecular flexibility index (Phi) is 7.68. The summed E-state index contributed by atoms with van der Waals surface area (Å²) < 4.78 is 1.90. The van der Waals surface area contributed by atoms with Crippen LogP contribution in [0.3, 0.4) is 0 Å². The second kappa shape index (κ2) is 11.7. The zero-order valence-corrected chi connectivity index (χ0v) is 24.0. The fraction of sp³-hybridized carbons (Fsp3) is 0.206. The summed E-state index contributed by atoms with van der Waals surface area (Å²) in [7, 11) is 0. The maximum absolute atomic E-state index is 13.3. The van der Waals surface area contributed by atoms with Crippen LogP contribution >= 0.6 is 11.6 Å². The summed E-state index contributed by atoms with van der Waals surface area (Å²) in [5.41, 5.74) is 5.33. The van der Waals surface area contributed by atoms with Crippen molar-refractivity contribution in [3.8, 4) is 0 Å². The van der Waals surface area contributed by atoms with E-state index >= 15 is 0 Å². The summed E-state index contributed by atoms with van der Waals surface area (Å²) >= 11 is 6.16. The van der Waals surface area contributed by atoms with Gasteiger partial charge in [-0.3, -0.25) is 14.4 Å². The Morgan fingerprint density at radius 1 is 0.881 bits per heavy atom. The second-order valence-corrected chi connectivity index (χ2v) is 11.4. The molecule has 1 aromatic heterocycles. The summed E-state index contributed by atoms with van der Waals surface area (Å²) in [5, 5.41) is 6.51. The molecular formula is C34H31ClN4O3. The zero-order chi connectivity index (χ0) is 29.2. The first-order chi connectivity index (χ1) is 20.3. The number of hydrogen-bond donors (Lipinski definition) is 2. The Bertz CT molecular complexity index is 1750. The van der Waals surface area contributed by atoms with Gasteiger partial charge in [-0.15, -0.1) is 0 Å². The van der Waals surface area contributed by atoms with Crippen molar-refractivity contribution in [3.05, 3.63) is 129 Å². The number of aryl methyl sites for hydroxylation is 1. The van der Waals surface area contributed by atoms with Crippen LogP contribution in [-0.2, 0) is 11.3 Å². The van der Waals surface area contributed by atoms with E-state index in [1.54, 1.807) is 36.4 Å². The lowest BCUT2D eigenvalue weighted by atomic mass is 9.83. The number of amides is 2. The number of nitrogens with zero attached hydrogens (tertiary/aromatic N) is 2. The van der Waals surface area contributed by atoms with Gasteiger partial charge in [0.1, 0.15) is 0 Å². The summed E-state index contributed by atoms with van der Waals surface area (Å²) in [6, 6.07) is 25.8. The number of anilines is 3. The average Bonchev–Trinajstić information content (AvgIpc) is 2.99. The number of benzene rings is 3. The Labute approximate surface area is 249 Å². The number of hydrogen-bond acceptors (Lipinski definition) is 4. The van der Waals surface area contributed by atoms with Crippen molar-refractivity contribution in [3.63, 3.8) is 0 Å². The molecule has 2 aliphatic heterocycles. The van der Waals surface area contributed by atoms with Gasteiger partial charge in [-0.1, -0.05) is 54.1 Å². The van der Waals surface area contributed by atoms with Gasteiger partial charge in [-0.2, -0.15) is 0 Å². The Hall–Kier alpha value is -4.62. The Morgan fingerprint density at radius 2 is 1.71 bits per heavy atom. The van der Waals surface area contributed by atoms with E-state index in [1.165, 1.54) is 6.08 Å². The maximum Gasteiger partial charge on any atom is 0.255 e. The van der Waals surface area contributed by atoms with E-state index < -0.39 is 0 Å². The van der Waals surface area contributed by atoms with Gasteiger partial charge in [0.15, 0.2) is 0 Å². The van der Waals surface area contributed by atoms with E-state index in [-0.39, 0.29) is 23.3 Å². The fourth-order valence-electron chi connectivity index (χ4n) is 5.98. The van der Waals surface area contributed by atoms with Crippen LogP contribution in [0.15, 0.2) is 95.8 Å². The van der Waals surface area contributed by atoms with Crippen LogP contribution in [0.4, 0.5) is 17.1 Å².